The van der Waals surface area contributed by atoms with E-state index in [1.54, 1.807) is 6.20 Å². The SMILES string of the molecule is Cl.N[C@H](CCO)c1ccc(Br)nc1. The molecule has 3 nitrogen and oxygen atoms in total. The van der Waals surface area contributed by atoms with Crippen molar-refractivity contribution in [2.75, 3.05) is 6.61 Å². The highest BCUT2D eigenvalue weighted by atomic mass is 79.9. The van der Waals surface area contributed by atoms with Gasteiger partial charge in [0, 0.05) is 18.8 Å². The summed E-state index contributed by atoms with van der Waals surface area (Å²) in [6.07, 6.45) is 2.29. The van der Waals surface area contributed by atoms with Crippen LogP contribution in [0.2, 0.25) is 0 Å². The summed E-state index contributed by atoms with van der Waals surface area (Å²) >= 11 is 3.23. The highest BCUT2D eigenvalue weighted by Gasteiger charge is 2.04. The molecule has 1 aromatic rings. The second-order valence-electron chi connectivity index (χ2n) is 2.53. The molecule has 0 spiro atoms. The van der Waals surface area contributed by atoms with E-state index in [4.69, 9.17) is 10.8 Å². The maximum Gasteiger partial charge on any atom is 0.106 e. The molecule has 0 fully saturated rings. The zero-order valence-corrected chi connectivity index (χ0v) is 9.38. The summed E-state index contributed by atoms with van der Waals surface area (Å²) in [5.41, 5.74) is 6.69. The first kappa shape index (κ1) is 12.8. The molecule has 0 aliphatic heterocycles. The van der Waals surface area contributed by atoms with Crippen LogP contribution in [0.15, 0.2) is 22.9 Å². The van der Waals surface area contributed by atoms with E-state index in [0.29, 0.717) is 6.42 Å². The van der Waals surface area contributed by atoms with E-state index in [1.807, 2.05) is 12.1 Å². The fraction of sp³-hybridized carbons (Fsp3) is 0.375. The van der Waals surface area contributed by atoms with Gasteiger partial charge in [0.1, 0.15) is 4.60 Å². The van der Waals surface area contributed by atoms with Crippen LogP contribution >= 0.6 is 28.3 Å². The lowest BCUT2D eigenvalue weighted by Gasteiger charge is -2.08. The molecule has 0 radical (unpaired) electrons. The van der Waals surface area contributed by atoms with Gasteiger partial charge >= 0.3 is 0 Å². The zero-order chi connectivity index (χ0) is 8.97. The Bertz CT molecular complexity index is 242. The predicted octanol–water partition coefficient (Wildman–Crippen LogP) is 1.65. The van der Waals surface area contributed by atoms with E-state index in [2.05, 4.69) is 20.9 Å². The number of aliphatic hydroxyl groups excluding tert-OH is 1. The summed E-state index contributed by atoms with van der Waals surface area (Å²) in [4.78, 5) is 4.04. The molecule has 0 bridgehead atoms. The predicted molar refractivity (Wildman–Crippen MR) is 57.8 cm³/mol. The molecule has 0 amide bonds. The number of nitrogens with zero attached hydrogens (tertiary/aromatic N) is 1. The van der Waals surface area contributed by atoms with Gasteiger partial charge in [0.25, 0.3) is 0 Å². The van der Waals surface area contributed by atoms with Gasteiger partial charge in [0.2, 0.25) is 0 Å². The minimum Gasteiger partial charge on any atom is -0.396 e. The first-order valence-corrected chi connectivity index (χ1v) is 4.51. The Morgan fingerprint density at radius 3 is 2.69 bits per heavy atom. The summed E-state index contributed by atoms with van der Waals surface area (Å²) in [6, 6.07) is 3.62. The van der Waals surface area contributed by atoms with E-state index in [9.17, 15) is 0 Å². The molecular formula is C8H12BrClN2O. The first-order chi connectivity index (χ1) is 5.74. The standard InChI is InChI=1S/C8H11BrN2O.ClH/c9-8-2-1-6(5-11-8)7(10)3-4-12;/h1-2,5,7,12H,3-4,10H2;1H/t7-;/m1./s1. The van der Waals surface area contributed by atoms with Crippen molar-refractivity contribution in [3.05, 3.63) is 28.5 Å². The zero-order valence-electron chi connectivity index (χ0n) is 6.98. The summed E-state index contributed by atoms with van der Waals surface area (Å²) < 4.78 is 0.794. The van der Waals surface area contributed by atoms with Crippen LogP contribution in [0.4, 0.5) is 0 Å². The number of aromatic nitrogens is 1. The van der Waals surface area contributed by atoms with Crippen LogP contribution in [-0.2, 0) is 0 Å². The minimum absolute atomic E-state index is 0. The van der Waals surface area contributed by atoms with Gasteiger partial charge in [-0.15, -0.1) is 12.4 Å². The Balaban J connectivity index is 0.00000144. The number of hydrogen-bond donors (Lipinski definition) is 2. The fourth-order valence-corrected chi connectivity index (χ4v) is 1.15. The van der Waals surface area contributed by atoms with Gasteiger partial charge in [-0.05, 0) is 34.0 Å². The van der Waals surface area contributed by atoms with Gasteiger partial charge in [0.15, 0.2) is 0 Å². The molecule has 1 rings (SSSR count). The van der Waals surface area contributed by atoms with Crippen LogP contribution < -0.4 is 5.73 Å². The molecule has 13 heavy (non-hydrogen) atoms. The van der Waals surface area contributed by atoms with Crippen molar-refractivity contribution in [1.82, 2.24) is 4.98 Å². The third-order valence-electron chi connectivity index (χ3n) is 1.62. The first-order valence-electron chi connectivity index (χ1n) is 3.72. The Morgan fingerprint density at radius 1 is 1.54 bits per heavy atom. The maximum absolute atomic E-state index is 8.64. The third kappa shape index (κ3) is 4.04. The largest absolute Gasteiger partial charge is 0.396 e. The molecule has 0 aliphatic rings. The average molecular weight is 268 g/mol. The van der Waals surface area contributed by atoms with Crippen molar-refractivity contribution >= 4 is 28.3 Å². The van der Waals surface area contributed by atoms with E-state index < -0.39 is 0 Å². The molecule has 1 heterocycles. The van der Waals surface area contributed by atoms with Crippen LogP contribution in [0.3, 0.4) is 0 Å². The van der Waals surface area contributed by atoms with Crippen LogP contribution in [0.1, 0.15) is 18.0 Å². The molecule has 0 saturated carbocycles. The van der Waals surface area contributed by atoms with Gasteiger partial charge in [-0.1, -0.05) is 6.07 Å². The lowest BCUT2D eigenvalue weighted by Crippen LogP contribution is -2.11. The topological polar surface area (TPSA) is 59.1 Å². The van der Waals surface area contributed by atoms with E-state index in [0.717, 1.165) is 10.2 Å². The van der Waals surface area contributed by atoms with Crippen LogP contribution in [0.25, 0.3) is 0 Å². The second kappa shape index (κ2) is 6.32. The lowest BCUT2D eigenvalue weighted by molar-refractivity contribution is 0.276. The maximum atomic E-state index is 8.64. The van der Waals surface area contributed by atoms with E-state index in [1.165, 1.54) is 0 Å². The molecule has 1 atom stereocenters. The van der Waals surface area contributed by atoms with Crippen LogP contribution in [0, 0.1) is 0 Å². The average Bonchev–Trinajstić information content (AvgIpc) is 2.06. The van der Waals surface area contributed by atoms with E-state index >= 15 is 0 Å². The molecule has 0 aromatic carbocycles. The Kier molecular flexibility index (Phi) is 6.24. The van der Waals surface area contributed by atoms with Crippen molar-refractivity contribution < 1.29 is 5.11 Å². The number of aliphatic hydroxyl groups is 1. The second-order valence-corrected chi connectivity index (χ2v) is 3.35. The van der Waals surface area contributed by atoms with Crippen molar-refractivity contribution in [1.29, 1.82) is 0 Å². The van der Waals surface area contributed by atoms with Gasteiger partial charge < -0.3 is 10.8 Å². The highest BCUT2D eigenvalue weighted by Crippen LogP contribution is 2.14. The number of nitrogens with two attached hydrogens (primary N) is 1. The van der Waals surface area contributed by atoms with Gasteiger partial charge in [-0.2, -0.15) is 0 Å². The monoisotopic (exact) mass is 266 g/mol. The van der Waals surface area contributed by atoms with Crippen molar-refractivity contribution in [3.63, 3.8) is 0 Å². The number of rotatable bonds is 3. The van der Waals surface area contributed by atoms with Crippen LogP contribution in [0.5, 0.6) is 0 Å². The Morgan fingerprint density at radius 2 is 2.23 bits per heavy atom. The van der Waals surface area contributed by atoms with Crippen molar-refractivity contribution in [2.45, 2.75) is 12.5 Å². The van der Waals surface area contributed by atoms with Crippen molar-refractivity contribution in [2.24, 2.45) is 5.73 Å². The molecule has 3 N–H and O–H groups in total. The number of pyridine rings is 1. The van der Waals surface area contributed by atoms with Gasteiger partial charge in [-0.3, -0.25) is 0 Å². The summed E-state index contributed by atoms with van der Waals surface area (Å²) in [5, 5.41) is 8.64. The van der Waals surface area contributed by atoms with Gasteiger partial charge in [0.05, 0.1) is 0 Å². The quantitative estimate of drug-likeness (QED) is 0.819. The van der Waals surface area contributed by atoms with Crippen LogP contribution in [-0.4, -0.2) is 16.7 Å². The number of halogens is 2. The van der Waals surface area contributed by atoms with Gasteiger partial charge in [-0.25, -0.2) is 4.98 Å². The smallest absolute Gasteiger partial charge is 0.106 e. The molecular weight excluding hydrogens is 255 g/mol. The highest BCUT2D eigenvalue weighted by molar-refractivity contribution is 9.10. The molecule has 74 valence electrons. The molecule has 0 saturated heterocycles. The molecule has 0 unspecified atom stereocenters. The summed E-state index contributed by atoms with van der Waals surface area (Å²) in [6.45, 7) is 0.108. The lowest BCUT2D eigenvalue weighted by atomic mass is 10.1. The number of hydrogen-bond acceptors (Lipinski definition) is 3. The molecule has 0 aliphatic carbocycles. The summed E-state index contributed by atoms with van der Waals surface area (Å²) in [5.74, 6) is 0. The fourth-order valence-electron chi connectivity index (χ4n) is 0.912. The molecule has 1 aromatic heterocycles. The summed E-state index contributed by atoms with van der Waals surface area (Å²) in [7, 11) is 0. The molecule has 5 heteroatoms. The Labute approximate surface area is 91.9 Å². The minimum atomic E-state index is -0.115. The third-order valence-corrected chi connectivity index (χ3v) is 2.09. The van der Waals surface area contributed by atoms with E-state index in [-0.39, 0.29) is 25.1 Å². The Hall–Kier alpha value is -0.160. The normalized spacial score (nSPS) is 11.9. The van der Waals surface area contributed by atoms with Crippen molar-refractivity contribution in [3.8, 4) is 0 Å².